The molecule has 154 valence electrons. The molecule has 29 heavy (non-hydrogen) atoms. The largest absolute Gasteiger partial charge is 0.493 e. The summed E-state index contributed by atoms with van der Waals surface area (Å²) in [7, 11) is 1.57. The fourth-order valence-electron chi connectivity index (χ4n) is 4.73. The van der Waals surface area contributed by atoms with Gasteiger partial charge in [0.2, 0.25) is 0 Å². The van der Waals surface area contributed by atoms with Crippen LogP contribution in [0.15, 0.2) is 28.4 Å². The number of halogens is 1. The van der Waals surface area contributed by atoms with Crippen LogP contribution in [0.5, 0.6) is 11.5 Å². The van der Waals surface area contributed by atoms with E-state index in [9.17, 15) is 9.59 Å². The van der Waals surface area contributed by atoms with E-state index in [1.165, 1.54) is 0 Å². The Morgan fingerprint density at radius 1 is 1.07 bits per heavy atom. The Kier molecular flexibility index (Phi) is 5.52. The molecule has 6 heteroatoms. The van der Waals surface area contributed by atoms with Crippen molar-refractivity contribution in [3.63, 3.8) is 0 Å². The number of ether oxygens (including phenoxy) is 2. The quantitative estimate of drug-likeness (QED) is 0.690. The normalized spacial score (nSPS) is 24.2. The summed E-state index contributed by atoms with van der Waals surface area (Å²) in [4.78, 5) is 30.6. The van der Waals surface area contributed by atoms with Gasteiger partial charge in [-0.25, -0.2) is 0 Å². The van der Waals surface area contributed by atoms with Crippen LogP contribution in [-0.4, -0.2) is 30.5 Å². The van der Waals surface area contributed by atoms with Crippen LogP contribution < -0.4 is 9.47 Å². The number of nitrogens with zero attached hydrogens (tertiary/aromatic N) is 1. The minimum absolute atomic E-state index is 0.0603. The second-order valence-corrected chi connectivity index (χ2v) is 8.62. The first-order valence-electron chi connectivity index (χ1n) is 10.3. The van der Waals surface area contributed by atoms with Crippen molar-refractivity contribution in [1.82, 2.24) is 0 Å². The van der Waals surface area contributed by atoms with Gasteiger partial charge in [-0.1, -0.05) is 11.6 Å². The number of rotatable bonds is 4. The molecule has 0 bridgehead atoms. The molecule has 2 atom stereocenters. The number of hydrogen-bond acceptors (Lipinski definition) is 5. The van der Waals surface area contributed by atoms with Gasteiger partial charge < -0.3 is 9.47 Å². The summed E-state index contributed by atoms with van der Waals surface area (Å²) < 4.78 is 11.4. The summed E-state index contributed by atoms with van der Waals surface area (Å²) >= 11 is 6.58. The third kappa shape index (κ3) is 3.61. The van der Waals surface area contributed by atoms with Gasteiger partial charge in [-0.2, -0.15) is 0 Å². The Balaban J connectivity index is 1.88. The number of aliphatic imine (C=N–C) groups is 1. The number of methoxy groups -OCH3 is 1. The van der Waals surface area contributed by atoms with Gasteiger partial charge in [0.05, 0.1) is 24.2 Å². The van der Waals surface area contributed by atoms with E-state index in [-0.39, 0.29) is 29.5 Å². The van der Waals surface area contributed by atoms with E-state index in [2.05, 4.69) is 0 Å². The van der Waals surface area contributed by atoms with Crippen LogP contribution in [0.4, 0.5) is 0 Å². The van der Waals surface area contributed by atoms with E-state index in [4.69, 9.17) is 26.1 Å². The Morgan fingerprint density at radius 2 is 1.83 bits per heavy atom. The first-order chi connectivity index (χ1) is 13.9. The summed E-state index contributed by atoms with van der Waals surface area (Å²) in [6, 6.07) is 3.69. The molecule has 1 unspecified atom stereocenters. The molecule has 2 aliphatic carbocycles. The molecule has 0 spiro atoms. The zero-order valence-corrected chi connectivity index (χ0v) is 17.8. The summed E-state index contributed by atoms with van der Waals surface area (Å²) in [5.74, 6) is 0.507. The molecule has 0 N–H and O–H groups in total. The van der Waals surface area contributed by atoms with Crippen molar-refractivity contribution in [1.29, 1.82) is 0 Å². The second-order valence-electron chi connectivity index (χ2n) is 8.22. The molecule has 0 amide bonds. The molecule has 1 aliphatic heterocycles. The average molecular weight is 416 g/mol. The molecule has 1 aromatic rings. The topological polar surface area (TPSA) is 65.0 Å². The Labute approximate surface area is 176 Å². The standard InChI is InChI=1S/C23H26ClNO4/c1-12(2)29-23-14(24)10-13(11-19(23)28-3)20-21-15(6-4-8-17(21)26)25-16-7-5-9-18(27)22(16)20/h10-12,20-21H,4-9H2,1-3H3/t20-,21?/m1/s1. The maximum absolute atomic E-state index is 12.9. The highest BCUT2D eigenvalue weighted by Gasteiger charge is 2.44. The fraction of sp³-hybridized carbons (Fsp3) is 0.522. The lowest BCUT2D eigenvalue weighted by atomic mass is 9.67. The Hall–Kier alpha value is -2.14. The van der Waals surface area contributed by atoms with E-state index in [0.29, 0.717) is 34.9 Å². The lowest BCUT2D eigenvalue weighted by Gasteiger charge is -2.38. The minimum atomic E-state index is -0.387. The third-order valence-electron chi connectivity index (χ3n) is 5.88. The number of benzene rings is 1. The molecule has 5 nitrogen and oxygen atoms in total. The van der Waals surface area contributed by atoms with Gasteiger partial charge in [-0.15, -0.1) is 0 Å². The van der Waals surface area contributed by atoms with E-state index in [1.807, 2.05) is 26.0 Å². The predicted octanol–water partition coefficient (Wildman–Crippen LogP) is 5.05. The highest BCUT2D eigenvalue weighted by atomic mass is 35.5. The van der Waals surface area contributed by atoms with Crippen molar-refractivity contribution in [2.75, 3.05) is 7.11 Å². The molecule has 0 radical (unpaired) electrons. The number of carbonyl (C=O) groups is 2. The van der Waals surface area contributed by atoms with Crippen LogP contribution in [0.25, 0.3) is 0 Å². The third-order valence-corrected chi connectivity index (χ3v) is 6.16. The summed E-state index contributed by atoms with van der Waals surface area (Å²) in [6.45, 7) is 3.85. The zero-order valence-electron chi connectivity index (χ0n) is 17.1. The number of ketones is 2. The Bertz CT molecular complexity index is 931. The molecule has 1 saturated carbocycles. The van der Waals surface area contributed by atoms with Crippen molar-refractivity contribution in [2.45, 2.75) is 64.4 Å². The van der Waals surface area contributed by atoms with Gasteiger partial charge in [0.1, 0.15) is 5.78 Å². The van der Waals surface area contributed by atoms with Crippen molar-refractivity contribution >= 4 is 28.9 Å². The lowest BCUT2D eigenvalue weighted by Crippen LogP contribution is -2.39. The maximum Gasteiger partial charge on any atom is 0.180 e. The fourth-order valence-corrected chi connectivity index (χ4v) is 4.99. The molecule has 0 aromatic heterocycles. The summed E-state index contributed by atoms with van der Waals surface area (Å²) in [5, 5.41) is 0.422. The summed E-state index contributed by atoms with van der Waals surface area (Å²) in [6.07, 6.45) is 4.18. The number of fused-ring (bicyclic) bond motifs is 1. The summed E-state index contributed by atoms with van der Waals surface area (Å²) in [5.41, 5.74) is 3.27. The molecule has 1 aromatic carbocycles. The van der Waals surface area contributed by atoms with E-state index >= 15 is 0 Å². The van der Waals surface area contributed by atoms with Gasteiger partial charge in [0, 0.05) is 35.7 Å². The van der Waals surface area contributed by atoms with Crippen LogP contribution >= 0.6 is 11.6 Å². The minimum Gasteiger partial charge on any atom is -0.493 e. The highest BCUT2D eigenvalue weighted by Crippen LogP contribution is 2.48. The van der Waals surface area contributed by atoms with Crippen LogP contribution in [0.1, 0.15) is 63.9 Å². The van der Waals surface area contributed by atoms with Gasteiger partial charge in [0.25, 0.3) is 0 Å². The average Bonchev–Trinajstić information content (AvgIpc) is 2.68. The molecule has 3 aliphatic rings. The van der Waals surface area contributed by atoms with Crippen molar-refractivity contribution < 1.29 is 19.1 Å². The molecular weight excluding hydrogens is 390 g/mol. The zero-order chi connectivity index (χ0) is 20.7. The molecule has 4 rings (SSSR count). The first-order valence-corrected chi connectivity index (χ1v) is 10.7. The van der Waals surface area contributed by atoms with Crippen LogP contribution in [0.2, 0.25) is 5.02 Å². The van der Waals surface area contributed by atoms with Crippen molar-refractivity contribution in [3.05, 3.63) is 34.0 Å². The van der Waals surface area contributed by atoms with Gasteiger partial charge in [-0.3, -0.25) is 14.6 Å². The lowest BCUT2D eigenvalue weighted by molar-refractivity contribution is -0.122. The monoisotopic (exact) mass is 415 g/mol. The smallest absolute Gasteiger partial charge is 0.180 e. The number of hydrogen-bond donors (Lipinski definition) is 0. The highest BCUT2D eigenvalue weighted by molar-refractivity contribution is 6.32. The number of carbonyl (C=O) groups excluding carboxylic acids is 2. The number of allylic oxidation sites excluding steroid dienone is 2. The molecular formula is C23H26ClNO4. The van der Waals surface area contributed by atoms with Crippen molar-refractivity contribution in [3.8, 4) is 11.5 Å². The predicted molar refractivity (Wildman–Crippen MR) is 112 cm³/mol. The van der Waals surface area contributed by atoms with Crippen LogP contribution in [0.3, 0.4) is 0 Å². The first kappa shape index (κ1) is 20.1. The van der Waals surface area contributed by atoms with Gasteiger partial charge in [0.15, 0.2) is 17.3 Å². The second kappa shape index (κ2) is 7.94. The van der Waals surface area contributed by atoms with Gasteiger partial charge in [-0.05, 0) is 57.2 Å². The van der Waals surface area contributed by atoms with E-state index in [1.54, 1.807) is 7.11 Å². The number of Topliss-reactive ketones (excluding diaryl/α,β-unsaturated/α-hetero) is 2. The van der Waals surface area contributed by atoms with E-state index in [0.717, 1.165) is 42.7 Å². The molecule has 0 saturated heterocycles. The van der Waals surface area contributed by atoms with E-state index < -0.39 is 0 Å². The molecule has 1 heterocycles. The molecule has 1 fully saturated rings. The van der Waals surface area contributed by atoms with Crippen LogP contribution in [-0.2, 0) is 9.59 Å². The SMILES string of the molecule is COc1cc([C@H]2C3=C(CCCC3=O)N=C3CCCC(=O)C32)cc(Cl)c1OC(C)C. The van der Waals surface area contributed by atoms with Crippen LogP contribution in [0, 0.1) is 5.92 Å². The Morgan fingerprint density at radius 3 is 2.55 bits per heavy atom. The maximum atomic E-state index is 12.9. The van der Waals surface area contributed by atoms with Gasteiger partial charge >= 0.3 is 0 Å². The van der Waals surface area contributed by atoms with Crippen molar-refractivity contribution in [2.24, 2.45) is 10.9 Å².